The molecule has 0 aliphatic carbocycles. The first-order valence-electron chi connectivity index (χ1n) is 4.96. The van der Waals surface area contributed by atoms with Crippen molar-refractivity contribution >= 4 is 28.4 Å². The quantitative estimate of drug-likeness (QED) is 0.760. The van der Waals surface area contributed by atoms with Gasteiger partial charge in [0, 0.05) is 37.6 Å². The summed E-state index contributed by atoms with van der Waals surface area (Å²) in [6.07, 6.45) is 3.59. The van der Waals surface area contributed by atoms with E-state index in [2.05, 4.69) is 27.0 Å². The molecular weight excluding hydrogens is 218 g/mol. The van der Waals surface area contributed by atoms with Crippen molar-refractivity contribution in [2.75, 3.05) is 19.0 Å². The first kappa shape index (κ1) is 10.8. The number of anilines is 1. The van der Waals surface area contributed by atoms with Crippen LogP contribution in [0.15, 0.2) is 40.8 Å². The van der Waals surface area contributed by atoms with E-state index < -0.39 is 0 Å². The second-order valence-corrected chi connectivity index (χ2v) is 4.43. The summed E-state index contributed by atoms with van der Waals surface area (Å²) >= 11 is 1.53. The van der Waals surface area contributed by atoms with Gasteiger partial charge in [-0.3, -0.25) is 0 Å². The second kappa shape index (κ2) is 4.90. The van der Waals surface area contributed by atoms with Crippen molar-refractivity contribution in [1.29, 1.82) is 0 Å². The number of rotatable bonds is 3. The third-order valence-electron chi connectivity index (χ3n) is 2.15. The maximum Gasteiger partial charge on any atom is 0.208 e. The van der Waals surface area contributed by atoms with Crippen LogP contribution in [0.2, 0.25) is 0 Å². The van der Waals surface area contributed by atoms with Gasteiger partial charge in [0.15, 0.2) is 0 Å². The largest absolute Gasteiger partial charge is 0.378 e. The van der Waals surface area contributed by atoms with Crippen molar-refractivity contribution in [1.82, 2.24) is 4.98 Å². The molecule has 0 unspecified atom stereocenters. The van der Waals surface area contributed by atoms with E-state index in [0.717, 1.165) is 10.7 Å². The molecule has 82 valence electrons. The SMILES string of the molecule is CN(C)c1ccc(/C=N\c2nccs2)cc1. The molecule has 2 rings (SSSR count). The van der Waals surface area contributed by atoms with E-state index in [-0.39, 0.29) is 0 Å². The van der Waals surface area contributed by atoms with Gasteiger partial charge in [-0.05, 0) is 17.7 Å². The van der Waals surface area contributed by atoms with Crippen LogP contribution in [0.4, 0.5) is 10.8 Å². The number of hydrogen-bond donors (Lipinski definition) is 0. The van der Waals surface area contributed by atoms with Crippen LogP contribution in [0.25, 0.3) is 0 Å². The Bertz CT molecular complexity index is 458. The molecule has 4 heteroatoms. The minimum absolute atomic E-state index is 0.789. The summed E-state index contributed by atoms with van der Waals surface area (Å²) in [5, 5.41) is 2.71. The molecule has 0 N–H and O–H groups in total. The van der Waals surface area contributed by atoms with E-state index >= 15 is 0 Å². The zero-order valence-corrected chi connectivity index (χ0v) is 10.1. The van der Waals surface area contributed by atoms with Crippen LogP contribution in [-0.4, -0.2) is 25.3 Å². The van der Waals surface area contributed by atoms with Crippen molar-refractivity contribution in [2.45, 2.75) is 0 Å². The number of benzene rings is 1. The summed E-state index contributed by atoms with van der Waals surface area (Å²) < 4.78 is 0. The lowest BCUT2D eigenvalue weighted by Gasteiger charge is -2.11. The van der Waals surface area contributed by atoms with Gasteiger partial charge in [0.25, 0.3) is 0 Å². The van der Waals surface area contributed by atoms with Crippen LogP contribution in [-0.2, 0) is 0 Å². The molecule has 0 bridgehead atoms. The fraction of sp³-hybridized carbons (Fsp3) is 0.167. The summed E-state index contributed by atoms with van der Waals surface area (Å²) in [5.41, 5.74) is 2.27. The molecule has 1 aromatic heterocycles. The molecule has 0 fully saturated rings. The summed E-state index contributed by atoms with van der Waals surface area (Å²) in [6, 6.07) is 8.24. The monoisotopic (exact) mass is 231 g/mol. The zero-order valence-electron chi connectivity index (χ0n) is 9.29. The standard InChI is InChI=1S/C12H13N3S/c1-15(2)11-5-3-10(4-6-11)9-14-12-13-7-8-16-12/h3-9H,1-2H3/b14-9-. The van der Waals surface area contributed by atoms with Gasteiger partial charge in [-0.2, -0.15) is 0 Å². The Balaban J connectivity index is 2.11. The summed E-state index contributed by atoms with van der Waals surface area (Å²) in [6.45, 7) is 0. The molecule has 0 atom stereocenters. The molecule has 1 heterocycles. The highest BCUT2D eigenvalue weighted by Gasteiger charge is 1.94. The third-order valence-corrected chi connectivity index (χ3v) is 2.83. The highest BCUT2D eigenvalue weighted by molar-refractivity contribution is 7.13. The van der Waals surface area contributed by atoms with Crippen molar-refractivity contribution < 1.29 is 0 Å². The summed E-state index contributed by atoms with van der Waals surface area (Å²) in [7, 11) is 4.05. The Morgan fingerprint density at radius 2 is 2.00 bits per heavy atom. The van der Waals surface area contributed by atoms with Gasteiger partial charge in [0.1, 0.15) is 0 Å². The van der Waals surface area contributed by atoms with Gasteiger partial charge in [0.05, 0.1) is 0 Å². The smallest absolute Gasteiger partial charge is 0.208 e. The Kier molecular flexibility index (Phi) is 3.31. The molecule has 16 heavy (non-hydrogen) atoms. The van der Waals surface area contributed by atoms with Crippen molar-refractivity contribution in [3.63, 3.8) is 0 Å². The predicted molar refractivity (Wildman–Crippen MR) is 70.1 cm³/mol. The third kappa shape index (κ3) is 2.67. The topological polar surface area (TPSA) is 28.5 Å². The first-order chi connectivity index (χ1) is 7.75. The van der Waals surface area contributed by atoms with Gasteiger partial charge in [0.2, 0.25) is 5.13 Å². The van der Waals surface area contributed by atoms with Crippen LogP contribution in [0.3, 0.4) is 0 Å². The lowest BCUT2D eigenvalue weighted by Crippen LogP contribution is -2.08. The highest BCUT2D eigenvalue weighted by Crippen LogP contribution is 2.15. The Hall–Kier alpha value is -1.68. The predicted octanol–water partition coefficient (Wildman–Crippen LogP) is 2.96. The van der Waals surface area contributed by atoms with E-state index in [1.165, 1.54) is 17.0 Å². The zero-order chi connectivity index (χ0) is 11.4. The first-order valence-corrected chi connectivity index (χ1v) is 5.84. The van der Waals surface area contributed by atoms with Crippen molar-refractivity contribution in [3.8, 4) is 0 Å². The van der Waals surface area contributed by atoms with Crippen LogP contribution in [0.1, 0.15) is 5.56 Å². The Morgan fingerprint density at radius 1 is 1.25 bits per heavy atom. The fourth-order valence-corrected chi connectivity index (χ4v) is 1.75. The second-order valence-electron chi connectivity index (χ2n) is 3.56. The average molecular weight is 231 g/mol. The normalized spacial score (nSPS) is 10.9. The molecule has 0 spiro atoms. The fourth-order valence-electron chi connectivity index (χ4n) is 1.27. The number of aromatic nitrogens is 1. The number of aliphatic imine (C=N–C) groups is 1. The molecule has 0 saturated heterocycles. The van der Waals surface area contributed by atoms with E-state index in [9.17, 15) is 0 Å². The van der Waals surface area contributed by atoms with Gasteiger partial charge in [-0.25, -0.2) is 9.98 Å². The van der Waals surface area contributed by atoms with Gasteiger partial charge in [-0.15, -0.1) is 11.3 Å². The summed E-state index contributed by atoms with van der Waals surface area (Å²) in [4.78, 5) is 10.4. The molecule has 3 nitrogen and oxygen atoms in total. The molecule has 0 radical (unpaired) electrons. The van der Waals surface area contributed by atoms with Crippen LogP contribution in [0, 0.1) is 0 Å². The molecule has 0 aliphatic heterocycles. The van der Waals surface area contributed by atoms with E-state index in [4.69, 9.17) is 0 Å². The summed E-state index contributed by atoms with van der Waals surface area (Å²) in [5.74, 6) is 0. The average Bonchev–Trinajstić information content (AvgIpc) is 2.80. The lowest BCUT2D eigenvalue weighted by molar-refractivity contribution is 1.13. The minimum atomic E-state index is 0.789. The maximum absolute atomic E-state index is 4.28. The molecular formula is C12H13N3S. The van der Waals surface area contributed by atoms with E-state index in [1.807, 2.05) is 37.8 Å². The minimum Gasteiger partial charge on any atom is -0.378 e. The molecule has 0 amide bonds. The number of hydrogen-bond acceptors (Lipinski definition) is 4. The molecule has 1 aromatic carbocycles. The number of thiazole rings is 1. The molecule has 0 aliphatic rings. The van der Waals surface area contributed by atoms with Gasteiger partial charge >= 0.3 is 0 Å². The van der Waals surface area contributed by atoms with Crippen LogP contribution in [0.5, 0.6) is 0 Å². The Labute approximate surface area is 99.1 Å². The van der Waals surface area contributed by atoms with Crippen LogP contribution >= 0.6 is 11.3 Å². The molecule has 2 aromatic rings. The van der Waals surface area contributed by atoms with E-state index in [1.54, 1.807) is 6.20 Å². The van der Waals surface area contributed by atoms with Crippen molar-refractivity contribution in [2.24, 2.45) is 4.99 Å². The lowest BCUT2D eigenvalue weighted by atomic mass is 10.2. The highest BCUT2D eigenvalue weighted by atomic mass is 32.1. The Morgan fingerprint density at radius 3 is 2.56 bits per heavy atom. The maximum atomic E-state index is 4.28. The van der Waals surface area contributed by atoms with E-state index in [0.29, 0.717) is 0 Å². The van der Waals surface area contributed by atoms with Gasteiger partial charge < -0.3 is 4.90 Å². The van der Waals surface area contributed by atoms with Crippen molar-refractivity contribution in [3.05, 3.63) is 41.4 Å². The van der Waals surface area contributed by atoms with Gasteiger partial charge in [-0.1, -0.05) is 12.1 Å². The van der Waals surface area contributed by atoms with Crippen LogP contribution < -0.4 is 4.90 Å². The number of nitrogens with zero attached hydrogens (tertiary/aromatic N) is 3. The molecule has 0 saturated carbocycles.